The first-order chi connectivity index (χ1) is 11.1. The van der Waals surface area contributed by atoms with Gasteiger partial charge in [0.2, 0.25) is 6.79 Å². The Morgan fingerprint density at radius 2 is 1.70 bits per heavy atom. The van der Waals surface area contributed by atoms with Crippen molar-refractivity contribution in [3.8, 4) is 5.75 Å². The third kappa shape index (κ3) is 3.11. The molecule has 0 spiro atoms. The second-order valence-corrected chi connectivity index (χ2v) is 8.14. The van der Waals surface area contributed by atoms with Crippen molar-refractivity contribution < 1.29 is 14.3 Å². The van der Waals surface area contributed by atoms with Gasteiger partial charge in [0.25, 0.3) is 0 Å². The van der Waals surface area contributed by atoms with E-state index < -0.39 is 0 Å². The summed E-state index contributed by atoms with van der Waals surface area (Å²) >= 11 is 0. The summed E-state index contributed by atoms with van der Waals surface area (Å²) in [6, 6.07) is 7.80. The molecular weight excluding hydrogens is 288 g/mol. The average molecular weight is 314 g/mol. The molecule has 1 aromatic carbocycles. The van der Waals surface area contributed by atoms with Gasteiger partial charge in [-0.3, -0.25) is 4.79 Å². The van der Waals surface area contributed by atoms with Crippen LogP contribution in [0.15, 0.2) is 24.3 Å². The minimum atomic E-state index is -0.0828. The molecule has 3 nitrogen and oxygen atoms in total. The first kappa shape index (κ1) is 15.0. The number of benzene rings is 1. The summed E-state index contributed by atoms with van der Waals surface area (Å²) in [6.45, 7) is 2.02. The second-order valence-electron chi connectivity index (χ2n) is 8.14. The van der Waals surface area contributed by atoms with Crippen molar-refractivity contribution in [3.63, 3.8) is 0 Å². The zero-order valence-electron chi connectivity index (χ0n) is 13.9. The van der Waals surface area contributed by atoms with Crippen LogP contribution in [0.4, 0.5) is 0 Å². The van der Waals surface area contributed by atoms with Gasteiger partial charge in [-0.05, 0) is 80.2 Å². The van der Waals surface area contributed by atoms with Crippen molar-refractivity contribution in [3.05, 3.63) is 29.8 Å². The van der Waals surface area contributed by atoms with Crippen LogP contribution < -0.4 is 4.74 Å². The van der Waals surface area contributed by atoms with Gasteiger partial charge in [0.15, 0.2) is 0 Å². The van der Waals surface area contributed by atoms with E-state index >= 15 is 0 Å². The molecule has 4 fully saturated rings. The highest BCUT2D eigenvalue weighted by atomic mass is 16.7. The van der Waals surface area contributed by atoms with Crippen molar-refractivity contribution in [1.29, 1.82) is 0 Å². The van der Waals surface area contributed by atoms with Crippen LogP contribution in [0, 0.1) is 30.1 Å². The third-order valence-electron chi connectivity index (χ3n) is 6.21. The molecule has 0 saturated heterocycles. The Morgan fingerprint density at radius 3 is 2.30 bits per heavy atom. The number of ether oxygens (including phenoxy) is 2. The molecule has 0 unspecified atom stereocenters. The fourth-order valence-electron chi connectivity index (χ4n) is 5.74. The van der Waals surface area contributed by atoms with E-state index in [1.165, 1.54) is 38.5 Å². The lowest BCUT2D eigenvalue weighted by Crippen LogP contribution is -2.47. The molecular formula is C20H26O3. The molecule has 4 bridgehead atoms. The normalized spacial score (nSPS) is 34.4. The highest BCUT2D eigenvalue weighted by Gasteiger charge is 2.51. The van der Waals surface area contributed by atoms with Crippen LogP contribution in [0.3, 0.4) is 0 Å². The van der Waals surface area contributed by atoms with Gasteiger partial charge in [0, 0.05) is 0 Å². The molecule has 4 aliphatic carbocycles. The molecule has 0 atom stereocenters. The summed E-state index contributed by atoms with van der Waals surface area (Å²) in [4.78, 5) is 12.3. The molecule has 0 heterocycles. The number of para-hydroxylation sites is 1. The Morgan fingerprint density at radius 1 is 1.09 bits per heavy atom. The van der Waals surface area contributed by atoms with Gasteiger partial charge >= 0.3 is 5.97 Å². The number of hydrogen-bond donors (Lipinski definition) is 0. The minimum Gasteiger partial charge on any atom is -0.457 e. The van der Waals surface area contributed by atoms with Gasteiger partial charge in [-0.2, -0.15) is 0 Å². The minimum absolute atomic E-state index is 0.0239. The van der Waals surface area contributed by atoms with E-state index in [2.05, 4.69) is 0 Å². The Bertz CT molecular complexity index is 557. The summed E-state index contributed by atoms with van der Waals surface area (Å²) < 4.78 is 11.0. The van der Waals surface area contributed by atoms with E-state index in [-0.39, 0.29) is 18.2 Å². The van der Waals surface area contributed by atoms with Gasteiger partial charge in [0.05, 0.1) is 6.42 Å². The maximum absolute atomic E-state index is 12.3. The smallest absolute Gasteiger partial charge is 0.309 e. The van der Waals surface area contributed by atoms with Crippen LogP contribution in [0.2, 0.25) is 0 Å². The lowest BCUT2D eigenvalue weighted by molar-refractivity contribution is -0.158. The molecule has 0 aromatic heterocycles. The van der Waals surface area contributed by atoms with Gasteiger partial charge in [-0.1, -0.05) is 18.2 Å². The standard InChI is InChI=1S/C20H26O3/c1-14-4-2-3-5-18(14)22-13-23-19(21)12-20-9-15-6-16(10-20)8-17(7-15)11-20/h2-5,15-17H,6-13H2,1H3. The number of aryl methyl sites for hydroxylation is 1. The molecule has 23 heavy (non-hydrogen) atoms. The van der Waals surface area contributed by atoms with E-state index in [0.29, 0.717) is 6.42 Å². The van der Waals surface area contributed by atoms with Gasteiger partial charge in [0.1, 0.15) is 5.75 Å². The van der Waals surface area contributed by atoms with Gasteiger partial charge in [-0.15, -0.1) is 0 Å². The van der Waals surface area contributed by atoms with E-state index in [1.807, 2.05) is 31.2 Å². The number of rotatable bonds is 5. The predicted molar refractivity (Wildman–Crippen MR) is 88.0 cm³/mol. The molecule has 0 N–H and O–H groups in total. The molecule has 0 amide bonds. The summed E-state index contributed by atoms with van der Waals surface area (Å²) in [6.07, 6.45) is 8.54. The van der Waals surface area contributed by atoms with E-state index in [0.717, 1.165) is 29.1 Å². The van der Waals surface area contributed by atoms with Crippen LogP contribution in [-0.2, 0) is 9.53 Å². The Hall–Kier alpha value is -1.51. The first-order valence-electron chi connectivity index (χ1n) is 8.96. The number of carbonyl (C=O) groups is 1. The largest absolute Gasteiger partial charge is 0.457 e. The van der Waals surface area contributed by atoms with Crippen LogP contribution in [0.5, 0.6) is 5.75 Å². The van der Waals surface area contributed by atoms with E-state index in [9.17, 15) is 4.79 Å². The van der Waals surface area contributed by atoms with Crippen LogP contribution in [0.1, 0.15) is 50.5 Å². The quantitative estimate of drug-likeness (QED) is 0.594. The summed E-state index contributed by atoms with van der Waals surface area (Å²) in [5, 5.41) is 0. The fourth-order valence-corrected chi connectivity index (χ4v) is 5.74. The molecule has 0 aliphatic heterocycles. The molecule has 1 aromatic rings. The van der Waals surface area contributed by atoms with Crippen LogP contribution in [-0.4, -0.2) is 12.8 Å². The maximum atomic E-state index is 12.3. The molecule has 4 aliphatic rings. The summed E-state index contributed by atoms with van der Waals surface area (Å²) in [5.74, 6) is 3.32. The SMILES string of the molecule is Cc1ccccc1OCOC(=O)CC12CC3CC(CC(C3)C1)C2. The van der Waals surface area contributed by atoms with Crippen molar-refractivity contribution in [2.45, 2.75) is 51.9 Å². The van der Waals surface area contributed by atoms with Crippen molar-refractivity contribution in [1.82, 2.24) is 0 Å². The number of esters is 1. The highest BCUT2D eigenvalue weighted by molar-refractivity contribution is 5.70. The number of hydrogen-bond acceptors (Lipinski definition) is 3. The van der Waals surface area contributed by atoms with Gasteiger partial charge < -0.3 is 9.47 Å². The van der Waals surface area contributed by atoms with E-state index in [4.69, 9.17) is 9.47 Å². The zero-order valence-corrected chi connectivity index (χ0v) is 13.9. The Kier molecular flexibility index (Phi) is 3.82. The molecule has 0 radical (unpaired) electrons. The van der Waals surface area contributed by atoms with E-state index in [1.54, 1.807) is 0 Å². The van der Waals surface area contributed by atoms with Crippen molar-refractivity contribution in [2.24, 2.45) is 23.2 Å². The van der Waals surface area contributed by atoms with Crippen molar-refractivity contribution >= 4 is 5.97 Å². The van der Waals surface area contributed by atoms with Crippen molar-refractivity contribution in [2.75, 3.05) is 6.79 Å². The Labute approximate surface area is 138 Å². The monoisotopic (exact) mass is 314 g/mol. The summed E-state index contributed by atoms with van der Waals surface area (Å²) in [7, 11) is 0. The number of carbonyl (C=O) groups excluding carboxylic acids is 1. The Balaban J connectivity index is 1.30. The average Bonchev–Trinajstić information content (AvgIpc) is 2.47. The molecule has 124 valence electrons. The topological polar surface area (TPSA) is 35.5 Å². The lowest BCUT2D eigenvalue weighted by Gasteiger charge is -2.56. The maximum Gasteiger partial charge on any atom is 0.309 e. The van der Waals surface area contributed by atoms with Gasteiger partial charge in [-0.25, -0.2) is 0 Å². The first-order valence-corrected chi connectivity index (χ1v) is 8.96. The second kappa shape index (κ2) is 5.85. The van der Waals surface area contributed by atoms with Crippen LogP contribution >= 0.6 is 0 Å². The molecule has 3 heteroatoms. The van der Waals surface area contributed by atoms with Crippen LogP contribution in [0.25, 0.3) is 0 Å². The molecule has 5 rings (SSSR count). The predicted octanol–water partition coefficient (Wildman–Crippen LogP) is 4.48. The summed E-state index contributed by atoms with van der Waals surface area (Å²) in [5.41, 5.74) is 1.30. The third-order valence-corrected chi connectivity index (χ3v) is 6.21. The molecule has 4 saturated carbocycles. The lowest BCUT2D eigenvalue weighted by atomic mass is 9.49. The zero-order chi connectivity index (χ0) is 15.9. The highest BCUT2D eigenvalue weighted by Crippen LogP contribution is 2.61. The fraction of sp³-hybridized carbons (Fsp3) is 0.650.